The molecule has 1 rings (SSSR count). The van der Waals surface area contributed by atoms with E-state index in [9.17, 15) is 22.8 Å². The Morgan fingerprint density at radius 1 is 1.50 bits per heavy atom. The lowest BCUT2D eigenvalue weighted by molar-refractivity contribution is -0.173. The topological polar surface area (TPSA) is 58.6 Å². The van der Waals surface area contributed by atoms with E-state index in [2.05, 4.69) is 10.1 Å². The van der Waals surface area contributed by atoms with Crippen molar-refractivity contribution in [2.75, 3.05) is 37.9 Å². The molecule has 1 saturated heterocycles. The van der Waals surface area contributed by atoms with Gasteiger partial charge in [0.25, 0.3) is 0 Å². The largest absolute Gasteiger partial charge is 0.411 e. The highest BCUT2D eigenvalue weighted by molar-refractivity contribution is 8.00. The van der Waals surface area contributed by atoms with Crippen molar-refractivity contribution in [2.45, 2.75) is 6.18 Å². The van der Waals surface area contributed by atoms with Crippen molar-refractivity contribution in [1.29, 1.82) is 0 Å². The second-order valence-corrected chi connectivity index (χ2v) is 4.54. The summed E-state index contributed by atoms with van der Waals surface area (Å²) in [7, 11) is 0. The molecule has 104 valence electrons. The van der Waals surface area contributed by atoms with Crippen molar-refractivity contribution < 1.29 is 27.5 Å². The van der Waals surface area contributed by atoms with E-state index in [1.807, 2.05) is 0 Å². The zero-order valence-corrected chi connectivity index (χ0v) is 10.3. The summed E-state index contributed by atoms with van der Waals surface area (Å²) in [5.74, 6) is 0.323. The maximum absolute atomic E-state index is 11.7. The summed E-state index contributed by atoms with van der Waals surface area (Å²) in [4.78, 5) is 23.9. The number of thioether (sulfide) groups is 1. The summed E-state index contributed by atoms with van der Waals surface area (Å²) in [6.45, 7) is -1.62. The van der Waals surface area contributed by atoms with Gasteiger partial charge in [-0.15, -0.1) is 11.8 Å². The van der Waals surface area contributed by atoms with Crippen molar-refractivity contribution in [3.63, 3.8) is 0 Å². The summed E-state index contributed by atoms with van der Waals surface area (Å²) in [6, 6.07) is 0. The van der Waals surface area contributed by atoms with Gasteiger partial charge in [-0.05, 0) is 0 Å². The Morgan fingerprint density at radius 3 is 2.78 bits per heavy atom. The molecule has 1 heterocycles. The Morgan fingerprint density at radius 2 is 2.22 bits per heavy atom. The van der Waals surface area contributed by atoms with E-state index in [4.69, 9.17) is 0 Å². The van der Waals surface area contributed by atoms with Crippen molar-refractivity contribution >= 4 is 23.6 Å². The third kappa shape index (κ3) is 6.10. The van der Waals surface area contributed by atoms with Crippen LogP contribution in [-0.4, -0.2) is 60.8 Å². The Balaban J connectivity index is 2.05. The third-order valence-corrected chi connectivity index (χ3v) is 2.94. The van der Waals surface area contributed by atoms with Crippen LogP contribution >= 0.6 is 11.8 Å². The zero-order chi connectivity index (χ0) is 13.6. The van der Waals surface area contributed by atoms with Crippen LogP contribution in [0.15, 0.2) is 0 Å². The Hall–Kier alpha value is -0.960. The standard InChI is InChI=1S/C9H13F3N2O3S/c10-9(11,12)5-17-2-1-13-7(15)3-14-6-18-4-8(14)16/h1-6H2,(H,13,15). The van der Waals surface area contributed by atoms with Gasteiger partial charge in [-0.1, -0.05) is 0 Å². The normalized spacial score (nSPS) is 16.2. The fourth-order valence-electron chi connectivity index (χ4n) is 1.22. The van der Waals surface area contributed by atoms with E-state index in [1.54, 1.807) is 0 Å². The lowest BCUT2D eigenvalue weighted by Crippen LogP contribution is -2.39. The van der Waals surface area contributed by atoms with E-state index < -0.39 is 18.7 Å². The SMILES string of the molecule is O=C(CN1CSCC1=O)NCCOCC(F)(F)F. The first kappa shape index (κ1) is 15.1. The van der Waals surface area contributed by atoms with Gasteiger partial charge in [0.2, 0.25) is 11.8 Å². The molecule has 0 unspecified atom stereocenters. The predicted molar refractivity (Wildman–Crippen MR) is 58.9 cm³/mol. The number of carbonyl (C=O) groups excluding carboxylic acids is 2. The molecule has 1 fully saturated rings. The summed E-state index contributed by atoms with van der Waals surface area (Å²) in [6.07, 6.45) is -4.36. The average Bonchev–Trinajstić information content (AvgIpc) is 2.62. The average molecular weight is 286 g/mol. The van der Waals surface area contributed by atoms with Crippen LogP contribution in [0.3, 0.4) is 0 Å². The third-order valence-electron chi connectivity index (χ3n) is 1.99. The molecule has 0 aromatic heterocycles. The van der Waals surface area contributed by atoms with E-state index in [0.29, 0.717) is 11.6 Å². The van der Waals surface area contributed by atoms with Crippen molar-refractivity contribution in [1.82, 2.24) is 10.2 Å². The maximum Gasteiger partial charge on any atom is 0.411 e. The van der Waals surface area contributed by atoms with Gasteiger partial charge in [0.1, 0.15) is 13.2 Å². The van der Waals surface area contributed by atoms with Crippen LogP contribution in [0.4, 0.5) is 13.2 Å². The van der Waals surface area contributed by atoms with Crippen LogP contribution < -0.4 is 5.32 Å². The molecule has 0 spiro atoms. The number of nitrogens with one attached hydrogen (secondary N) is 1. The number of halogens is 3. The molecule has 5 nitrogen and oxygen atoms in total. The second kappa shape index (κ2) is 6.83. The minimum Gasteiger partial charge on any atom is -0.370 e. The van der Waals surface area contributed by atoms with E-state index >= 15 is 0 Å². The second-order valence-electron chi connectivity index (χ2n) is 3.59. The molecule has 0 radical (unpaired) electrons. The number of ether oxygens (including phenoxy) is 1. The Labute approximate surface area is 106 Å². The van der Waals surface area contributed by atoms with Crippen molar-refractivity contribution in [3.05, 3.63) is 0 Å². The highest BCUT2D eigenvalue weighted by Crippen LogP contribution is 2.14. The number of hydrogen-bond acceptors (Lipinski definition) is 4. The van der Waals surface area contributed by atoms with E-state index in [1.165, 1.54) is 16.7 Å². The molecular formula is C9H13F3N2O3S. The molecule has 1 aliphatic rings. The molecule has 0 saturated carbocycles. The molecule has 1 aliphatic heterocycles. The van der Waals surface area contributed by atoms with Gasteiger partial charge in [0, 0.05) is 6.54 Å². The van der Waals surface area contributed by atoms with Crippen molar-refractivity contribution in [3.8, 4) is 0 Å². The van der Waals surface area contributed by atoms with Crippen LogP contribution in [0.2, 0.25) is 0 Å². The Bertz CT molecular complexity index is 312. The Kier molecular flexibility index (Phi) is 5.73. The van der Waals surface area contributed by atoms with Crippen LogP contribution in [0.1, 0.15) is 0 Å². The number of amides is 2. The minimum absolute atomic E-state index is 0.00983. The number of nitrogens with zero attached hydrogens (tertiary/aromatic N) is 1. The van der Waals surface area contributed by atoms with E-state index in [-0.39, 0.29) is 25.6 Å². The maximum atomic E-state index is 11.7. The van der Waals surface area contributed by atoms with Crippen LogP contribution in [0, 0.1) is 0 Å². The van der Waals surface area contributed by atoms with Gasteiger partial charge >= 0.3 is 6.18 Å². The molecule has 9 heteroatoms. The van der Waals surface area contributed by atoms with Gasteiger partial charge in [-0.25, -0.2) is 0 Å². The van der Waals surface area contributed by atoms with Gasteiger partial charge in [-0.3, -0.25) is 9.59 Å². The molecule has 0 aliphatic carbocycles. The number of rotatable bonds is 6. The van der Waals surface area contributed by atoms with Crippen LogP contribution in [0.25, 0.3) is 0 Å². The van der Waals surface area contributed by atoms with Crippen LogP contribution in [0.5, 0.6) is 0 Å². The molecule has 0 aromatic rings. The molecule has 0 atom stereocenters. The van der Waals surface area contributed by atoms with Gasteiger partial charge in [-0.2, -0.15) is 13.2 Å². The monoisotopic (exact) mass is 286 g/mol. The fraction of sp³-hybridized carbons (Fsp3) is 0.778. The number of alkyl halides is 3. The smallest absolute Gasteiger partial charge is 0.370 e. The molecule has 18 heavy (non-hydrogen) atoms. The van der Waals surface area contributed by atoms with Gasteiger partial charge < -0.3 is 15.0 Å². The van der Waals surface area contributed by atoms with Crippen LogP contribution in [-0.2, 0) is 14.3 Å². The molecule has 0 bridgehead atoms. The first-order valence-electron chi connectivity index (χ1n) is 5.15. The fourth-order valence-corrected chi connectivity index (χ4v) is 2.12. The first-order valence-corrected chi connectivity index (χ1v) is 6.30. The summed E-state index contributed by atoms with van der Waals surface area (Å²) in [5.41, 5.74) is 0. The molecule has 2 amide bonds. The molecular weight excluding hydrogens is 273 g/mol. The summed E-state index contributed by atoms with van der Waals surface area (Å²) >= 11 is 1.41. The van der Waals surface area contributed by atoms with E-state index in [0.717, 1.165) is 0 Å². The number of hydrogen-bond donors (Lipinski definition) is 1. The summed E-state index contributed by atoms with van der Waals surface area (Å²) < 4.78 is 39.4. The van der Waals surface area contributed by atoms with Gasteiger partial charge in [0.15, 0.2) is 0 Å². The summed E-state index contributed by atoms with van der Waals surface area (Å²) in [5, 5.41) is 2.38. The zero-order valence-electron chi connectivity index (χ0n) is 9.46. The minimum atomic E-state index is -4.36. The predicted octanol–water partition coefficient (Wildman–Crippen LogP) is 0.214. The highest BCUT2D eigenvalue weighted by Gasteiger charge is 2.27. The van der Waals surface area contributed by atoms with Crippen molar-refractivity contribution in [2.24, 2.45) is 0 Å². The highest BCUT2D eigenvalue weighted by atomic mass is 32.2. The molecule has 1 N–H and O–H groups in total. The lowest BCUT2D eigenvalue weighted by atomic mass is 10.5. The molecule has 0 aromatic carbocycles. The lowest BCUT2D eigenvalue weighted by Gasteiger charge is -2.14. The quantitative estimate of drug-likeness (QED) is 0.709. The first-order chi connectivity index (χ1) is 8.38. The number of carbonyl (C=O) groups is 2. The van der Waals surface area contributed by atoms with Gasteiger partial charge in [0.05, 0.1) is 18.2 Å².